The van der Waals surface area contributed by atoms with E-state index >= 15 is 0 Å². The Morgan fingerprint density at radius 1 is 1.12 bits per heavy atom. The molecule has 2 rings (SSSR count). The monoisotopic (exact) mass is 354 g/mol. The summed E-state index contributed by atoms with van der Waals surface area (Å²) in [4.78, 5) is 22.8. The standard InChI is InChI=1S/C16H18O9/c17-9-3-1-8(5-10(9)18)2-4-13(21)25-14-11(19)6-16(24,15(22)23)7-12(14)20/h1-5,11-12,14,17-20,24H,6-7H2,(H,22,23)/b4-2-/t11-,12+,14?,16?. The van der Waals surface area contributed by atoms with Gasteiger partial charge in [-0.15, -0.1) is 0 Å². The van der Waals surface area contributed by atoms with E-state index in [1.54, 1.807) is 0 Å². The molecule has 0 heterocycles. The first-order valence-corrected chi connectivity index (χ1v) is 7.35. The summed E-state index contributed by atoms with van der Waals surface area (Å²) in [5, 5.41) is 57.1. The van der Waals surface area contributed by atoms with Crippen LogP contribution in [0.25, 0.3) is 6.08 Å². The van der Waals surface area contributed by atoms with Crippen LogP contribution in [0.5, 0.6) is 11.5 Å². The smallest absolute Gasteiger partial charge is 0.335 e. The fourth-order valence-electron chi connectivity index (χ4n) is 2.58. The normalized spacial score (nSPS) is 29.5. The quantitative estimate of drug-likeness (QED) is 0.234. The lowest BCUT2D eigenvalue weighted by Crippen LogP contribution is -2.57. The van der Waals surface area contributed by atoms with Crippen LogP contribution in [0.1, 0.15) is 18.4 Å². The number of esters is 1. The van der Waals surface area contributed by atoms with Gasteiger partial charge in [-0.2, -0.15) is 0 Å². The average Bonchev–Trinajstić information content (AvgIpc) is 2.52. The van der Waals surface area contributed by atoms with Crippen LogP contribution in [0.4, 0.5) is 0 Å². The number of hydrogen-bond donors (Lipinski definition) is 6. The highest BCUT2D eigenvalue weighted by Crippen LogP contribution is 2.31. The van der Waals surface area contributed by atoms with Crippen molar-refractivity contribution < 1.29 is 45.0 Å². The number of aliphatic hydroxyl groups excluding tert-OH is 2. The maximum atomic E-state index is 11.8. The second-order valence-electron chi connectivity index (χ2n) is 5.86. The Labute approximate surface area is 142 Å². The Bertz CT molecular complexity index is 685. The lowest BCUT2D eigenvalue weighted by Gasteiger charge is -2.39. The summed E-state index contributed by atoms with van der Waals surface area (Å²) in [7, 11) is 0. The number of phenols is 2. The van der Waals surface area contributed by atoms with Gasteiger partial charge in [-0.1, -0.05) is 6.07 Å². The number of carboxylic acids is 1. The van der Waals surface area contributed by atoms with Gasteiger partial charge in [-0.3, -0.25) is 0 Å². The second-order valence-corrected chi connectivity index (χ2v) is 5.86. The van der Waals surface area contributed by atoms with Crippen molar-refractivity contribution in [3.8, 4) is 11.5 Å². The number of aliphatic carboxylic acids is 1. The molecule has 0 bridgehead atoms. The van der Waals surface area contributed by atoms with Gasteiger partial charge in [0, 0.05) is 18.9 Å². The SMILES string of the molecule is O=C(/C=C\c1ccc(O)c(O)c1)OC1[C@H](O)CC(O)(C(=O)O)C[C@@H]1O. The third kappa shape index (κ3) is 4.27. The van der Waals surface area contributed by atoms with Crippen LogP contribution < -0.4 is 0 Å². The molecule has 2 unspecified atom stereocenters. The summed E-state index contributed by atoms with van der Waals surface area (Å²) in [6, 6.07) is 3.86. The van der Waals surface area contributed by atoms with E-state index < -0.39 is 48.7 Å². The molecule has 1 aliphatic carbocycles. The van der Waals surface area contributed by atoms with E-state index in [1.165, 1.54) is 24.3 Å². The second kappa shape index (κ2) is 7.09. The molecule has 25 heavy (non-hydrogen) atoms. The molecule has 0 amide bonds. The summed E-state index contributed by atoms with van der Waals surface area (Å²) >= 11 is 0. The van der Waals surface area contributed by atoms with Crippen molar-refractivity contribution in [2.75, 3.05) is 0 Å². The number of aliphatic hydroxyl groups is 3. The number of hydrogen-bond acceptors (Lipinski definition) is 8. The van der Waals surface area contributed by atoms with Crippen LogP contribution in [0, 0.1) is 0 Å². The van der Waals surface area contributed by atoms with Crippen LogP contribution in [0.2, 0.25) is 0 Å². The Kier molecular flexibility index (Phi) is 5.31. The minimum absolute atomic E-state index is 0.320. The molecule has 4 atom stereocenters. The van der Waals surface area contributed by atoms with Crippen molar-refractivity contribution in [3.05, 3.63) is 29.8 Å². The average molecular weight is 354 g/mol. The van der Waals surface area contributed by atoms with Gasteiger partial charge in [-0.05, 0) is 23.8 Å². The topological polar surface area (TPSA) is 165 Å². The number of aromatic hydroxyl groups is 2. The third-order valence-corrected chi connectivity index (χ3v) is 3.91. The molecule has 0 saturated heterocycles. The molecule has 0 aliphatic heterocycles. The van der Waals surface area contributed by atoms with Gasteiger partial charge < -0.3 is 35.4 Å². The molecule has 0 aromatic heterocycles. The zero-order valence-electron chi connectivity index (χ0n) is 12.9. The maximum Gasteiger partial charge on any atom is 0.335 e. The molecular formula is C16H18O9. The lowest BCUT2D eigenvalue weighted by atomic mass is 9.79. The molecule has 1 aromatic rings. The van der Waals surface area contributed by atoms with Crippen LogP contribution in [0.15, 0.2) is 24.3 Å². The van der Waals surface area contributed by atoms with Gasteiger partial charge in [-0.25, -0.2) is 9.59 Å². The van der Waals surface area contributed by atoms with E-state index in [1.807, 2.05) is 0 Å². The first-order chi connectivity index (χ1) is 11.6. The molecule has 1 saturated carbocycles. The van der Waals surface area contributed by atoms with Crippen LogP contribution in [-0.4, -0.2) is 66.5 Å². The maximum absolute atomic E-state index is 11.8. The minimum atomic E-state index is -2.29. The number of benzene rings is 1. The molecule has 1 fully saturated rings. The highest BCUT2D eigenvalue weighted by molar-refractivity contribution is 5.87. The zero-order chi connectivity index (χ0) is 18.8. The molecular weight excluding hydrogens is 336 g/mol. The summed E-state index contributed by atoms with van der Waals surface area (Å²) in [6.07, 6.45) is -3.43. The summed E-state index contributed by atoms with van der Waals surface area (Å²) in [5.41, 5.74) is -1.90. The number of carboxylic acid groups (broad SMARTS) is 1. The number of ether oxygens (including phenoxy) is 1. The first kappa shape index (κ1) is 18.7. The third-order valence-electron chi connectivity index (χ3n) is 3.91. The highest BCUT2D eigenvalue weighted by atomic mass is 16.6. The Morgan fingerprint density at radius 2 is 1.72 bits per heavy atom. The predicted molar refractivity (Wildman–Crippen MR) is 82.5 cm³/mol. The van der Waals surface area contributed by atoms with Gasteiger partial charge in [0.25, 0.3) is 0 Å². The van der Waals surface area contributed by atoms with E-state index in [2.05, 4.69) is 0 Å². The lowest BCUT2D eigenvalue weighted by molar-refractivity contribution is -0.196. The van der Waals surface area contributed by atoms with Crippen LogP contribution >= 0.6 is 0 Å². The molecule has 0 spiro atoms. The van der Waals surface area contributed by atoms with Crippen molar-refractivity contribution >= 4 is 18.0 Å². The Balaban J connectivity index is 2.01. The number of carbonyl (C=O) groups is 2. The zero-order valence-corrected chi connectivity index (χ0v) is 12.9. The first-order valence-electron chi connectivity index (χ1n) is 7.35. The number of rotatable bonds is 4. The fourth-order valence-corrected chi connectivity index (χ4v) is 2.58. The van der Waals surface area contributed by atoms with Crippen molar-refractivity contribution in [3.63, 3.8) is 0 Å². The fraction of sp³-hybridized carbons (Fsp3) is 0.375. The Morgan fingerprint density at radius 3 is 2.24 bits per heavy atom. The van der Waals surface area contributed by atoms with E-state index in [4.69, 9.17) is 9.84 Å². The summed E-state index contributed by atoms with van der Waals surface area (Å²) < 4.78 is 4.92. The molecule has 9 heteroatoms. The molecule has 1 aromatic carbocycles. The van der Waals surface area contributed by atoms with Crippen LogP contribution in [-0.2, 0) is 14.3 Å². The molecule has 9 nitrogen and oxygen atoms in total. The summed E-state index contributed by atoms with van der Waals surface area (Å²) in [6.45, 7) is 0. The Hall–Kier alpha value is -2.62. The predicted octanol–water partition coefficient (Wildman–Crippen LogP) is -0.646. The van der Waals surface area contributed by atoms with E-state index in [9.17, 15) is 35.1 Å². The van der Waals surface area contributed by atoms with E-state index in [0.717, 1.165) is 6.08 Å². The summed E-state index contributed by atoms with van der Waals surface area (Å²) in [5.74, 6) is -3.19. The van der Waals surface area contributed by atoms with Crippen LogP contribution in [0.3, 0.4) is 0 Å². The van der Waals surface area contributed by atoms with E-state index in [0.29, 0.717) is 5.56 Å². The van der Waals surface area contributed by atoms with Gasteiger partial charge >= 0.3 is 11.9 Å². The van der Waals surface area contributed by atoms with Gasteiger partial charge in [0.15, 0.2) is 23.2 Å². The highest BCUT2D eigenvalue weighted by Gasteiger charge is 2.50. The van der Waals surface area contributed by atoms with Gasteiger partial charge in [0.05, 0.1) is 12.2 Å². The van der Waals surface area contributed by atoms with Crippen molar-refractivity contribution in [1.29, 1.82) is 0 Å². The van der Waals surface area contributed by atoms with Crippen molar-refractivity contribution in [2.45, 2.75) is 36.8 Å². The minimum Gasteiger partial charge on any atom is -0.504 e. The molecule has 0 radical (unpaired) electrons. The largest absolute Gasteiger partial charge is 0.504 e. The van der Waals surface area contributed by atoms with Crippen molar-refractivity contribution in [2.24, 2.45) is 0 Å². The molecule has 6 N–H and O–H groups in total. The van der Waals surface area contributed by atoms with Gasteiger partial charge in [0.2, 0.25) is 0 Å². The van der Waals surface area contributed by atoms with E-state index in [-0.39, 0.29) is 11.5 Å². The van der Waals surface area contributed by atoms with Crippen molar-refractivity contribution in [1.82, 2.24) is 0 Å². The van der Waals surface area contributed by atoms with Gasteiger partial charge in [0.1, 0.15) is 0 Å². The number of phenolic OH excluding ortho intramolecular Hbond substituents is 2. The number of carbonyl (C=O) groups excluding carboxylic acids is 1. The molecule has 1 aliphatic rings. The molecule has 136 valence electrons.